The van der Waals surface area contributed by atoms with Crippen molar-refractivity contribution < 1.29 is 19.6 Å². The number of carboxylic acids is 1. The number of thiophene rings is 1. The van der Waals surface area contributed by atoms with Crippen molar-refractivity contribution in [3.8, 4) is 0 Å². The van der Waals surface area contributed by atoms with Crippen molar-refractivity contribution in [1.29, 1.82) is 0 Å². The molecule has 0 saturated carbocycles. The summed E-state index contributed by atoms with van der Waals surface area (Å²) in [5, 5.41) is 22.9. The summed E-state index contributed by atoms with van der Waals surface area (Å²) in [6.07, 6.45) is 1.72. The molecular weight excluding hydrogens is 336 g/mol. The van der Waals surface area contributed by atoms with Crippen LogP contribution in [0.2, 0.25) is 0 Å². The fourth-order valence-corrected chi connectivity index (χ4v) is 3.53. The van der Waals surface area contributed by atoms with Gasteiger partial charge in [-0.2, -0.15) is 0 Å². The number of aryl methyl sites for hydroxylation is 2. The number of nitro groups is 1. The van der Waals surface area contributed by atoms with E-state index in [1.807, 2.05) is 6.92 Å². The van der Waals surface area contributed by atoms with Crippen LogP contribution in [0.25, 0.3) is 0 Å². The van der Waals surface area contributed by atoms with Gasteiger partial charge >= 0.3 is 11.8 Å². The minimum absolute atomic E-state index is 0.0988. The molecule has 0 fully saturated rings. The molecular formula is C14H16N4O5S. The van der Waals surface area contributed by atoms with Gasteiger partial charge in [0.1, 0.15) is 17.7 Å². The second-order valence-corrected chi connectivity index (χ2v) is 6.30. The van der Waals surface area contributed by atoms with Crippen LogP contribution < -0.4 is 5.32 Å². The van der Waals surface area contributed by atoms with Gasteiger partial charge in [0, 0.05) is 11.8 Å². The summed E-state index contributed by atoms with van der Waals surface area (Å²) in [5.74, 6) is -1.59. The first-order chi connectivity index (χ1) is 11.2. The van der Waals surface area contributed by atoms with Gasteiger partial charge in [-0.15, -0.1) is 11.3 Å². The molecule has 0 radical (unpaired) electrons. The molecule has 0 aliphatic rings. The van der Waals surface area contributed by atoms with Gasteiger partial charge in [0.2, 0.25) is 11.7 Å². The fourth-order valence-electron chi connectivity index (χ4n) is 2.38. The summed E-state index contributed by atoms with van der Waals surface area (Å²) in [7, 11) is 0. The standard InChI is InChI=1S/C14H16N4O5S/c1-4-9-7(2)24-13(12(9)14(20)21)16-11(19)6-17-5-10(18(22)23)15-8(17)3/h5H,4,6H2,1-3H3,(H,16,19)(H,20,21). The molecule has 0 aliphatic carbocycles. The number of hydrogen-bond acceptors (Lipinski definition) is 6. The normalized spacial score (nSPS) is 10.6. The first kappa shape index (κ1) is 17.6. The van der Waals surface area contributed by atoms with Crippen molar-refractivity contribution in [2.75, 3.05) is 5.32 Å². The highest BCUT2D eigenvalue weighted by molar-refractivity contribution is 7.16. The largest absolute Gasteiger partial charge is 0.478 e. The molecule has 10 heteroatoms. The number of nitrogens with zero attached hydrogens (tertiary/aromatic N) is 3. The van der Waals surface area contributed by atoms with Gasteiger partial charge in [-0.1, -0.05) is 6.92 Å². The molecule has 0 aliphatic heterocycles. The third-order valence-corrected chi connectivity index (χ3v) is 4.56. The molecule has 2 heterocycles. The highest BCUT2D eigenvalue weighted by atomic mass is 32.1. The monoisotopic (exact) mass is 352 g/mol. The number of aromatic nitrogens is 2. The van der Waals surface area contributed by atoms with Crippen molar-refractivity contribution in [2.45, 2.75) is 33.7 Å². The summed E-state index contributed by atoms with van der Waals surface area (Å²) >= 11 is 1.20. The quantitative estimate of drug-likeness (QED) is 0.607. The van der Waals surface area contributed by atoms with E-state index in [2.05, 4.69) is 10.3 Å². The van der Waals surface area contributed by atoms with Crippen molar-refractivity contribution in [3.63, 3.8) is 0 Å². The van der Waals surface area contributed by atoms with Crippen molar-refractivity contribution in [2.24, 2.45) is 0 Å². The predicted octanol–water partition coefficient (Wildman–Crippen LogP) is 2.37. The molecule has 0 unspecified atom stereocenters. The van der Waals surface area contributed by atoms with Crippen LogP contribution in [0.5, 0.6) is 0 Å². The van der Waals surface area contributed by atoms with E-state index >= 15 is 0 Å². The van der Waals surface area contributed by atoms with Gasteiger partial charge in [-0.3, -0.25) is 9.36 Å². The molecule has 2 N–H and O–H groups in total. The minimum Gasteiger partial charge on any atom is -0.478 e. The lowest BCUT2D eigenvalue weighted by Crippen LogP contribution is -2.20. The maximum atomic E-state index is 12.2. The molecule has 9 nitrogen and oxygen atoms in total. The average molecular weight is 352 g/mol. The Balaban J connectivity index is 2.22. The van der Waals surface area contributed by atoms with E-state index in [4.69, 9.17) is 0 Å². The maximum absolute atomic E-state index is 12.2. The Morgan fingerprint density at radius 1 is 1.46 bits per heavy atom. The van der Waals surface area contributed by atoms with Crippen LogP contribution in [0.3, 0.4) is 0 Å². The molecule has 0 aromatic carbocycles. The summed E-state index contributed by atoms with van der Waals surface area (Å²) in [5.41, 5.74) is 0.791. The first-order valence-electron chi connectivity index (χ1n) is 7.08. The van der Waals surface area contributed by atoms with E-state index in [9.17, 15) is 24.8 Å². The zero-order valence-electron chi connectivity index (χ0n) is 13.3. The molecule has 0 atom stereocenters. The number of carboxylic acid groups (broad SMARTS) is 1. The Morgan fingerprint density at radius 3 is 2.62 bits per heavy atom. The van der Waals surface area contributed by atoms with Gasteiger partial charge in [-0.05, 0) is 28.8 Å². The molecule has 2 aromatic rings. The second kappa shape index (κ2) is 6.79. The number of nitrogens with one attached hydrogen (secondary N) is 1. The molecule has 0 saturated heterocycles. The molecule has 2 rings (SSSR count). The van der Waals surface area contributed by atoms with Crippen LogP contribution in [0.1, 0.15) is 33.5 Å². The molecule has 2 aromatic heterocycles. The smallest absolute Gasteiger partial charge is 0.381 e. The van der Waals surface area contributed by atoms with E-state index in [1.165, 1.54) is 22.1 Å². The third kappa shape index (κ3) is 3.43. The van der Waals surface area contributed by atoms with Gasteiger partial charge in [0.25, 0.3) is 0 Å². The number of carbonyl (C=O) groups excluding carboxylic acids is 1. The molecule has 24 heavy (non-hydrogen) atoms. The molecule has 0 spiro atoms. The van der Waals surface area contributed by atoms with Crippen LogP contribution >= 0.6 is 11.3 Å². The van der Waals surface area contributed by atoms with Gasteiger partial charge in [0.15, 0.2) is 0 Å². The highest BCUT2D eigenvalue weighted by Gasteiger charge is 2.23. The summed E-state index contributed by atoms with van der Waals surface area (Å²) in [6.45, 7) is 5.01. The van der Waals surface area contributed by atoms with E-state index in [1.54, 1.807) is 13.8 Å². The predicted molar refractivity (Wildman–Crippen MR) is 87.6 cm³/mol. The van der Waals surface area contributed by atoms with E-state index < -0.39 is 16.8 Å². The van der Waals surface area contributed by atoms with E-state index in [0.717, 1.165) is 4.88 Å². The summed E-state index contributed by atoms with van der Waals surface area (Å²) < 4.78 is 1.34. The zero-order chi connectivity index (χ0) is 18.0. The topological polar surface area (TPSA) is 127 Å². The lowest BCUT2D eigenvalue weighted by atomic mass is 10.1. The third-order valence-electron chi connectivity index (χ3n) is 3.49. The van der Waals surface area contributed by atoms with Crippen LogP contribution in [0.4, 0.5) is 10.8 Å². The van der Waals surface area contributed by atoms with Gasteiger partial charge in [0.05, 0.1) is 5.56 Å². The SMILES string of the molecule is CCc1c(C)sc(NC(=O)Cn2cc([N+](=O)[O-])nc2C)c1C(=O)O. The summed E-state index contributed by atoms with van der Waals surface area (Å²) in [6, 6.07) is 0. The maximum Gasteiger partial charge on any atom is 0.381 e. The number of imidazole rings is 1. The first-order valence-corrected chi connectivity index (χ1v) is 7.89. The van der Waals surface area contributed by atoms with Crippen LogP contribution in [-0.4, -0.2) is 31.5 Å². The molecule has 128 valence electrons. The van der Waals surface area contributed by atoms with Crippen molar-refractivity contribution in [1.82, 2.24) is 9.55 Å². The minimum atomic E-state index is -1.10. The highest BCUT2D eigenvalue weighted by Crippen LogP contribution is 2.33. The van der Waals surface area contributed by atoms with Crippen molar-refractivity contribution >= 4 is 34.0 Å². The van der Waals surface area contributed by atoms with E-state index in [-0.39, 0.29) is 22.9 Å². The van der Waals surface area contributed by atoms with Crippen LogP contribution in [0.15, 0.2) is 6.20 Å². The number of amides is 1. The Hall–Kier alpha value is -2.75. The lowest BCUT2D eigenvalue weighted by molar-refractivity contribution is -0.389. The van der Waals surface area contributed by atoms with E-state index in [0.29, 0.717) is 17.8 Å². The summed E-state index contributed by atoms with van der Waals surface area (Å²) in [4.78, 5) is 38.3. The fraction of sp³-hybridized carbons (Fsp3) is 0.357. The molecule has 1 amide bonds. The van der Waals surface area contributed by atoms with Crippen LogP contribution in [0, 0.1) is 24.0 Å². The average Bonchev–Trinajstić information content (AvgIpc) is 2.99. The zero-order valence-corrected chi connectivity index (χ0v) is 14.1. The van der Waals surface area contributed by atoms with Crippen LogP contribution in [-0.2, 0) is 17.8 Å². The van der Waals surface area contributed by atoms with Gasteiger partial charge < -0.3 is 20.5 Å². The Morgan fingerprint density at radius 2 is 2.12 bits per heavy atom. The van der Waals surface area contributed by atoms with Crippen molar-refractivity contribution in [3.05, 3.63) is 38.1 Å². The Kier molecular flexibility index (Phi) is 4.98. The number of anilines is 1. The number of hydrogen-bond donors (Lipinski definition) is 2. The Labute approximate surface area is 141 Å². The Bertz CT molecular complexity index is 823. The number of aromatic carboxylic acids is 1. The second-order valence-electron chi connectivity index (χ2n) is 5.08. The van der Waals surface area contributed by atoms with Gasteiger partial charge in [-0.25, -0.2) is 4.79 Å². The molecule has 0 bridgehead atoms. The number of carbonyl (C=O) groups is 2. The lowest BCUT2D eigenvalue weighted by Gasteiger charge is -2.06. The number of rotatable bonds is 6.